The van der Waals surface area contributed by atoms with E-state index in [0.717, 1.165) is 5.57 Å². The van der Waals surface area contributed by atoms with Crippen LogP contribution in [0, 0.1) is 5.41 Å². The van der Waals surface area contributed by atoms with Gasteiger partial charge in [-0.25, -0.2) is 3.21 Å². The smallest absolute Gasteiger partial charge is 0.0831 e. The second-order valence-corrected chi connectivity index (χ2v) is 1.86. The van der Waals surface area contributed by atoms with Crippen molar-refractivity contribution in [3.8, 4) is 0 Å². The topological polar surface area (TPSA) is 36.2 Å². The molecule has 0 aliphatic rings. The Morgan fingerprint density at radius 1 is 1.75 bits per heavy atom. The van der Waals surface area contributed by atoms with E-state index in [4.69, 9.17) is 5.41 Å². The van der Waals surface area contributed by atoms with E-state index in [1.54, 1.807) is 12.3 Å². The Hall–Kier alpha value is -0.190. The molecule has 8 heavy (non-hydrogen) atoms. The molecule has 0 aromatic heterocycles. The van der Waals surface area contributed by atoms with Crippen molar-refractivity contribution < 1.29 is 0 Å². The van der Waals surface area contributed by atoms with Crippen molar-refractivity contribution in [1.82, 2.24) is 0 Å². The highest BCUT2D eigenvalue weighted by molar-refractivity contribution is 14.1. The van der Waals surface area contributed by atoms with Crippen LogP contribution in [0.5, 0.6) is 0 Å². The zero-order chi connectivity index (χ0) is 6.41. The molecule has 0 aromatic rings. The lowest BCUT2D eigenvalue weighted by Crippen LogP contribution is -1.74. The van der Waals surface area contributed by atoms with Crippen molar-refractivity contribution in [3.05, 3.63) is 11.6 Å². The maximum atomic E-state index is 6.65. The molecule has 3 heteroatoms. The first kappa shape index (κ1) is 7.81. The Kier molecular flexibility index (Phi) is 4.84. The van der Waals surface area contributed by atoms with Crippen LogP contribution in [0.15, 0.2) is 14.9 Å². The van der Waals surface area contributed by atoms with Gasteiger partial charge < -0.3 is 5.41 Å². The zero-order valence-corrected chi connectivity index (χ0v) is 6.71. The molecule has 0 saturated heterocycles. The van der Waals surface area contributed by atoms with Crippen LogP contribution in [0.1, 0.15) is 6.92 Å². The van der Waals surface area contributed by atoms with Crippen molar-refractivity contribution in [2.24, 2.45) is 3.21 Å². The normalized spacial score (nSPS) is 12.5. The van der Waals surface area contributed by atoms with E-state index in [9.17, 15) is 0 Å². The predicted octanol–water partition coefficient (Wildman–Crippen LogP) is 2.00. The second-order valence-electron chi connectivity index (χ2n) is 1.30. The van der Waals surface area contributed by atoms with E-state index >= 15 is 0 Å². The first-order valence-electron chi connectivity index (χ1n) is 2.13. The van der Waals surface area contributed by atoms with Gasteiger partial charge >= 0.3 is 0 Å². The average Bonchev–Trinajstić information content (AvgIpc) is 1.68. The third-order valence-electron chi connectivity index (χ3n) is 0.599. The third kappa shape index (κ3) is 3.98. The first-order chi connectivity index (χ1) is 3.81. The minimum atomic E-state index is 0.995. The van der Waals surface area contributed by atoms with Crippen molar-refractivity contribution in [2.45, 2.75) is 6.92 Å². The molecule has 0 radical (unpaired) electrons. The number of rotatable bonds is 2. The number of hydrogen-bond donors (Lipinski definition) is 1. The summed E-state index contributed by atoms with van der Waals surface area (Å²) in [5.41, 5.74) is 0.995. The van der Waals surface area contributed by atoms with Gasteiger partial charge in [0.2, 0.25) is 0 Å². The van der Waals surface area contributed by atoms with Gasteiger partial charge in [0.1, 0.15) is 0 Å². The van der Waals surface area contributed by atoms with Crippen molar-refractivity contribution in [2.75, 3.05) is 0 Å². The summed E-state index contributed by atoms with van der Waals surface area (Å²) < 4.78 is 3.73. The van der Waals surface area contributed by atoms with E-state index in [1.165, 1.54) is 6.21 Å². The molecule has 2 nitrogen and oxygen atoms in total. The van der Waals surface area contributed by atoms with Crippen LogP contribution in [0.4, 0.5) is 0 Å². The number of halogens is 1. The standard InChI is InChI=1S/C5H7IN2/c1-5(2-3-7)4-8-6/h2-4,7H,1H3/b5-2-,7-3?,8-4?. The molecular formula is C5H7IN2. The van der Waals surface area contributed by atoms with Gasteiger partial charge in [-0.05, 0) is 18.6 Å². The van der Waals surface area contributed by atoms with Crippen LogP contribution in [0.3, 0.4) is 0 Å². The molecule has 0 aliphatic carbocycles. The number of hydrogen-bond acceptors (Lipinski definition) is 2. The van der Waals surface area contributed by atoms with Gasteiger partial charge in [-0.3, -0.25) is 0 Å². The first-order valence-corrected chi connectivity index (χ1v) is 3.09. The summed E-state index contributed by atoms with van der Waals surface area (Å²) in [7, 11) is 0. The highest BCUT2D eigenvalue weighted by Crippen LogP contribution is 1.87. The molecule has 0 atom stereocenters. The van der Waals surface area contributed by atoms with Gasteiger partial charge in [0, 0.05) is 12.4 Å². The second kappa shape index (κ2) is 4.96. The molecule has 0 bridgehead atoms. The molecule has 44 valence electrons. The van der Waals surface area contributed by atoms with Gasteiger partial charge in [0.05, 0.1) is 22.9 Å². The molecular weight excluding hydrogens is 215 g/mol. The largest absolute Gasteiger partial charge is 0.309 e. The monoisotopic (exact) mass is 222 g/mol. The van der Waals surface area contributed by atoms with Crippen LogP contribution < -0.4 is 0 Å². The molecule has 0 amide bonds. The fourth-order valence-corrected chi connectivity index (χ4v) is 0.691. The average molecular weight is 222 g/mol. The lowest BCUT2D eigenvalue weighted by atomic mass is 10.3. The summed E-state index contributed by atoms with van der Waals surface area (Å²) >= 11 is 1.90. The molecule has 0 aliphatic heterocycles. The summed E-state index contributed by atoms with van der Waals surface area (Å²) in [6.07, 6.45) is 4.63. The lowest BCUT2D eigenvalue weighted by molar-refractivity contribution is 1.56. The number of nitrogens with zero attached hydrogens (tertiary/aromatic N) is 1. The Morgan fingerprint density at radius 2 is 2.38 bits per heavy atom. The fraction of sp³-hybridized carbons (Fsp3) is 0.200. The summed E-state index contributed by atoms with van der Waals surface area (Å²) in [5, 5.41) is 6.65. The van der Waals surface area contributed by atoms with E-state index in [1.807, 2.05) is 29.8 Å². The molecule has 1 N–H and O–H groups in total. The Bertz CT molecular complexity index is 126. The molecule has 0 rings (SSSR count). The van der Waals surface area contributed by atoms with Crippen molar-refractivity contribution in [3.63, 3.8) is 0 Å². The Balaban J connectivity index is 3.79. The zero-order valence-electron chi connectivity index (χ0n) is 4.56. The fourth-order valence-electron chi connectivity index (χ4n) is 0.251. The van der Waals surface area contributed by atoms with Gasteiger partial charge in [-0.15, -0.1) is 0 Å². The van der Waals surface area contributed by atoms with Crippen LogP contribution in [0.2, 0.25) is 0 Å². The molecule has 0 fully saturated rings. The number of nitrogens with one attached hydrogen (secondary N) is 1. The molecule has 0 saturated carbocycles. The van der Waals surface area contributed by atoms with Gasteiger partial charge in [-0.2, -0.15) is 0 Å². The summed E-state index contributed by atoms with van der Waals surface area (Å²) in [6, 6.07) is 0. The van der Waals surface area contributed by atoms with E-state index in [0.29, 0.717) is 0 Å². The van der Waals surface area contributed by atoms with Crippen LogP contribution in [-0.4, -0.2) is 12.4 Å². The summed E-state index contributed by atoms with van der Waals surface area (Å²) in [4.78, 5) is 0. The third-order valence-corrected chi connectivity index (χ3v) is 0.877. The summed E-state index contributed by atoms with van der Waals surface area (Å²) in [5.74, 6) is 0. The quantitative estimate of drug-likeness (QED) is 0.548. The Morgan fingerprint density at radius 3 is 2.75 bits per heavy atom. The lowest BCUT2D eigenvalue weighted by Gasteiger charge is -1.80. The van der Waals surface area contributed by atoms with E-state index in [2.05, 4.69) is 3.21 Å². The van der Waals surface area contributed by atoms with E-state index < -0.39 is 0 Å². The minimum Gasteiger partial charge on any atom is -0.309 e. The molecule has 0 heterocycles. The number of allylic oxidation sites excluding steroid dienone is 2. The highest BCUT2D eigenvalue weighted by Gasteiger charge is 1.74. The van der Waals surface area contributed by atoms with Gasteiger partial charge in [0.25, 0.3) is 0 Å². The van der Waals surface area contributed by atoms with Crippen LogP contribution in [-0.2, 0) is 0 Å². The maximum absolute atomic E-state index is 6.65. The maximum Gasteiger partial charge on any atom is 0.0831 e. The van der Waals surface area contributed by atoms with Gasteiger partial charge in [-0.1, -0.05) is 0 Å². The van der Waals surface area contributed by atoms with Crippen molar-refractivity contribution in [1.29, 1.82) is 5.41 Å². The SMILES string of the molecule is C/C(C=NI)=C/C=N. The van der Waals surface area contributed by atoms with Crippen LogP contribution in [0.25, 0.3) is 0 Å². The highest BCUT2D eigenvalue weighted by atomic mass is 127. The molecule has 0 spiro atoms. The molecule has 0 unspecified atom stereocenters. The van der Waals surface area contributed by atoms with Crippen LogP contribution >= 0.6 is 22.9 Å². The van der Waals surface area contributed by atoms with Gasteiger partial charge in [0.15, 0.2) is 0 Å². The van der Waals surface area contributed by atoms with Crippen molar-refractivity contribution >= 4 is 35.3 Å². The Labute approximate surface area is 62.7 Å². The van der Waals surface area contributed by atoms with E-state index in [-0.39, 0.29) is 0 Å². The summed E-state index contributed by atoms with van der Waals surface area (Å²) in [6.45, 7) is 1.90. The minimum absolute atomic E-state index is 0.995. The molecule has 0 aromatic carbocycles. The predicted molar refractivity (Wildman–Crippen MR) is 45.1 cm³/mol.